The average Bonchev–Trinajstić information content (AvgIpc) is 3.52. The van der Waals surface area contributed by atoms with Crippen LogP contribution in [0.1, 0.15) is 76.3 Å². The van der Waals surface area contributed by atoms with Gasteiger partial charge in [-0.15, -0.1) is 0 Å². The lowest BCUT2D eigenvalue weighted by Crippen LogP contribution is -2.32. The molecule has 1 saturated carbocycles. The van der Waals surface area contributed by atoms with E-state index in [1.165, 1.54) is 35.7 Å². The molecular formula is C27H38O4S. The van der Waals surface area contributed by atoms with E-state index in [9.17, 15) is 14.4 Å². The van der Waals surface area contributed by atoms with Crippen LogP contribution >= 0.6 is 11.8 Å². The predicted molar refractivity (Wildman–Crippen MR) is 130 cm³/mol. The van der Waals surface area contributed by atoms with E-state index in [4.69, 9.17) is 4.74 Å². The van der Waals surface area contributed by atoms with Crippen LogP contribution in [0.3, 0.4) is 0 Å². The summed E-state index contributed by atoms with van der Waals surface area (Å²) < 4.78 is 6.03. The normalized spacial score (nSPS) is 17.7. The van der Waals surface area contributed by atoms with Crippen molar-refractivity contribution in [1.82, 2.24) is 0 Å². The van der Waals surface area contributed by atoms with Crippen molar-refractivity contribution in [2.24, 2.45) is 17.8 Å². The lowest BCUT2D eigenvalue weighted by Gasteiger charge is -2.22. The van der Waals surface area contributed by atoms with Crippen LogP contribution in [-0.4, -0.2) is 35.1 Å². The number of benzene rings is 1. The maximum Gasteiger partial charge on any atom is 0.218 e. The van der Waals surface area contributed by atoms with Crippen LogP contribution in [0.25, 0.3) is 0 Å². The van der Waals surface area contributed by atoms with E-state index in [2.05, 4.69) is 31.2 Å². The van der Waals surface area contributed by atoms with Gasteiger partial charge in [-0.2, -0.15) is 0 Å². The fourth-order valence-electron chi connectivity index (χ4n) is 4.71. The summed E-state index contributed by atoms with van der Waals surface area (Å²) in [5.74, 6) is 1.09. The lowest BCUT2D eigenvalue weighted by atomic mass is 9.89. The molecule has 0 bridgehead atoms. The highest BCUT2D eigenvalue weighted by molar-refractivity contribution is 8.13. The molecule has 0 saturated heterocycles. The molecule has 4 nitrogen and oxygen atoms in total. The van der Waals surface area contributed by atoms with E-state index in [0.717, 1.165) is 50.7 Å². The molecule has 0 radical (unpaired) electrons. The minimum absolute atomic E-state index is 0.117. The third-order valence-corrected chi connectivity index (χ3v) is 7.73. The van der Waals surface area contributed by atoms with Gasteiger partial charge in [0, 0.05) is 30.6 Å². The van der Waals surface area contributed by atoms with Gasteiger partial charge < -0.3 is 4.74 Å². The van der Waals surface area contributed by atoms with Gasteiger partial charge in [-0.05, 0) is 55.6 Å². The number of unbranched alkanes of at least 4 members (excludes halogenated alkanes) is 1. The fourth-order valence-corrected chi connectivity index (χ4v) is 5.68. The van der Waals surface area contributed by atoms with Crippen LogP contribution in [-0.2, 0) is 32.0 Å². The van der Waals surface area contributed by atoms with Crippen LogP contribution in [0.2, 0.25) is 0 Å². The Morgan fingerprint density at radius 1 is 1.06 bits per heavy atom. The number of hydrogen-bond acceptors (Lipinski definition) is 5. The highest BCUT2D eigenvalue weighted by Gasteiger charge is 2.34. The molecule has 0 N–H and O–H groups in total. The van der Waals surface area contributed by atoms with Crippen LogP contribution < -0.4 is 0 Å². The number of ether oxygens (including phenoxy) is 1. The van der Waals surface area contributed by atoms with Crippen molar-refractivity contribution in [1.29, 1.82) is 0 Å². The molecule has 2 aliphatic rings. The van der Waals surface area contributed by atoms with E-state index in [1.54, 1.807) is 6.92 Å². The minimum atomic E-state index is -0.348. The van der Waals surface area contributed by atoms with Crippen LogP contribution in [0.4, 0.5) is 0 Å². The highest BCUT2D eigenvalue weighted by atomic mass is 32.2. The Morgan fingerprint density at radius 3 is 2.34 bits per heavy atom. The Labute approximate surface area is 197 Å². The number of hydrogen-bond donors (Lipinski definition) is 0. The van der Waals surface area contributed by atoms with Gasteiger partial charge in [-0.25, -0.2) is 0 Å². The summed E-state index contributed by atoms with van der Waals surface area (Å²) in [6.45, 7) is 4.44. The highest BCUT2D eigenvalue weighted by Crippen LogP contribution is 2.37. The third kappa shape index (κ3) is 7.28. The molecule has 0 aromatic heterocycles. The summed E-state index contributed by atoms with van der Waals surface area (Å²) in [7, 11) is 0. The van der Waals surface area contributed by atoms with Gasteiger partial charge in [-0.3, -0.25) is 14.4 Å². The number of rotatable bonds is 15. The molecule has 1 fully saturated rings. The zero-order valence-electron chi connectivity index (χ0n) is 19.6. The number of Topliss-reactive ketones (excluding diaryl/α,β-unsaturated/α-hetero) is 2. The Bertz CT molecular complexity index is 761. The van der Waals surface area contributed by atoms with Gasteiger partial charge in [0.1, 0.15) is 6.10 Å². The van der Waals surface area contributed by atoms with Gasteiger partial charge in [-0.1, -0.05) is 69.1 Å². The molecule has 2 unspecified atom stereocenters. The summed E-state index contributed by atoms with van der Waals surface area (Å²) in [6, 6.07) is 8.45. The van der Waals surface area contributed by atoms with Gasteiger partial charge in [0.15, 0.2) is 5.78 Å². The number of ketones is 2. The zero-order valence-corrected chi connectivity index (χ0v) is 20.5. The second kappa shape index (κ2) is 12.7. The van der Waals surface area contributed by atoms with Gasteiger partial charge in [0.25, 0.3) is 0 Å². The fraction of sp³-hybridized carbons (Fsp3) is 0.667. The van der Waals surface area contributed by atoms with Crippen molar-refractivity contribution in [3.63, 3.8) is 0 Å². The molecule has 5 heteroatoms. The summed E-state index contributed by atoms with van der Waals surface area (Å²) in [4.78, 5) is 37.3. The van der Waals surface area contributed by atoms with Gasteiger partial charge in [0.2, 0.25) is 10.9 Å². The first kappa shape index (κ1) is 25.2. The van der Waals surface area contributed by atoms with Gasteiger partial charge >= 0.3 is 0 Å². The second-order valence-corrected chi connectivity index (χ2v) is 10.5. The standard InChI is InChI=1S/C27H38O4S/c1-3-14-31-26(23-17-20-9-5-6-10-21(20)18-23)27(30)32-15-8-7-11-22(16-19-12-13-19)25(29)24(28)4-2/h5-6,9-10,19,22-23,26H,3-4,7-8,11-18H2,1-2H3. The maximum atomic E-state index is 13.0. The molecule has 1 aromatic carbocycles. The summed E-state index contributed by atoms with van der Waals surface area (Å²) in [5.41, 5.74) is 2.68. The topological polar surface area (TPSA) is 60.4 Å². The van der Waals surface area contributed by atoms with E-state index < -0.39 is 0 Å². The molecule has 2 atom stereocenters. The Kier molecular flexibility index (Phi) is 9.98. The first-order chi connectivity index (χ1) is 15.5. The molecule has 0 spiro atoms. The summed E-state index contributed by atoms with van der Waals surface area (Å²) >= 11 is 1.38. The lowest BCUT2D eigenvalue weighted by molar-refractivity contribution is -0.139. The van der Waals surface area contributed by atoms with Crippen molar-refractivity contribution in [2.75, 3.05) is 12.4 Å². The first-order valence-corrected chi connectivity index (χ1v) is 13.4. The third-order valence-electron chi connectivity index (χ3n) is 6.72. The second-order valence-electron chi connectivity index (χ2n) is 9.41. The molecule has 0 aliphatic heterocycles. The first-order valence-electron chi connectivity index (χ1n) is 12.5. The van der Waals surface area contributed by atoms with Crippen molar-refractivity contribution < 1.29 is 19.1 Å². The average molecular weight is 459 g/mol. The van der Waals surface area contributed by atoms with Crippen molar-refractivity contribution >= 4 is 28.4 Å². The number of carbonyl (C=O) groups is 3. The molecule has 176 valence electrons. The minimum Gasteiger partial charge on any atom is -0.369 e. The van der Waals surface area contributed by atoms with E-state index >= 15 is 0 Å². The molecule has 3 rings (SSSR count). The van der Waals surface area contributed by atoms with Crippen molar-refractivity contribution in [3.05, 3.63) is 35.4 Å². The molecule has 0 heterocycles. The summed E-state index contributed by atoms with van der Waals surface area (Å²) in [6.07, 6.45) is 8.47. The quantitative estimate of drug-likeness (QED) is 0.253. The van der Waals surface area contributed by atoms with Crippen LogP contribution in [0.5, 0.6) is 0 Å². The predicted octanol–water partition coefficient (Wildman–Crippen LogP) is 5.59. The molecule has 0 amide bonds. The van der Waals surface area contributed by atoms with E-state index in [0.29, 0.717) is 18.9 Å². The van der Waals surface area contributed by atoms with Gasteiger partial charge in [0.05, 0.1) is 0 Å². The maximum absolute atomic E-state index is 13.0. The smallest absolute Gasteiger partial charge is 0.218 e. The van der Waals surface area contributed by atoms with Crippen LogP contribution in [0, 0.1) is 17.8 Å². The van der Waals surface area contributed by atoms with E-state index in [-0.39, 0.29) is 34.6 Å². The van der Waals surface area contributed by atoms with Crippen LogP contribution in [0.15, 0.2) is 24.3 Å². The molecule has 2 aliphatic carbocycles. The summed E-state index contributed by atoms with van der Waals surface area (Å²) in [5, 5.41) is 0.142. The SMILES string of the molecule is CCCOC(C(=O)SCCCCC(CC1CC1)C(=O)C(=O)CC)C1Cc2ccccc2C1. The number of thioether (sulfide) groups is 1. The molecule has 32 heavy (non-hydrogen) atoms. The largest absolute Gasteiger partial charge is 0.369 e. The molecule has 1 aromatic rings. The van der Waals surface area contributed by atoms with E-state index in [1.807, 2.05) is 0 Å². The monoisotopic (exact) mass is 458 g/mol. The zero-order chi connectivity index (χ0) is 22.9. The van der Waals surface area contributed by atoms with Crippen molar-refractivity contribution in [3.8, 4) is 0 Å². The molecular weight excluding hydrogens is 420 g/mol. The number of carbonyl (C=O) groups excluding carboxylic acids is 3. The Hall–Kier alpha value is -1.46. The Morgan fingerprint density at radius 2 is 1.75 bits per heavy atom. The van der Waals surface area contributed by atoms with Crippen molar-refractivity contribution in [2.45, 2.75) is 84.2 Å². The number of fused-ring (bicyclic) bond motifs is 1. The Balaban J connectivity index is 1.44.